The molecule has 0 saturated carbocycles. The Morgan fingerprint density at radius 2 is 0.692 bits per heavy atom. The van der Waals surface area contributed by atoms with Gasteiger partial charge in [0.25, 0.3) is 0 Å². The van der Waals surface area contributed by atoms with E-state index in [1.165, 1.54) is 32.3 Å². The lowest BCUT2D eigenvalue weighted by molar-refractivity contribution is 1.72. The Bertz CT molecular complexity index is 1050. The summed E-state index contributed by atoms with van der Waals surface area (Å²) >= 11 is 0. The van der Waals surface area contributed by atoms with Crippen molar-refractivity contribution >= 4 is 58.8 Å². The SMILES string of the molecule is C[Si](C)(C)c1cccc2c1ccc1c3cccc([Si](C)(C)C)c3ccc21. The van der Waals surface area contributed by atoms with Gasteiger partial charge in [0, 0.05) is 0 Å². The number of benzene rings is 4. The molecule has 0 saturated heterocycles. The molecule has 0 aliphatic heterocycles. The second-order valence-electron chi connectivity index (χ2n) is 9.53. The van der Waals surface area contributed by atoms with Crippen molar-refractivity contribution in [2.24, 2.45) is 0 Å². The fourth-order valence-electron chi connectivity index (χ4n) is 4.25. The van der Waals surface area contributed by atoms with E-state index in [2.05, 4.69) is 99.9 Å². The number of hydrogen-bond acceptors (Lipinski definition) is 0. The van der Waals surface area contributed by atoms with Gasteiger partial charge < -0.3 is 0 Å². The second kappa shape index (κ2) is 5.80. The molecule has 0 fully saturated rings. The summed E-state index contributed by atoms with van der Waals surface area (Å²) in [5.41, 5.74) is 0. The van der Waals surface area contributed by atoms with Crippen LogP contribution in [0.5, 0.6) is 0 Å². The van der Waals surface area contributed by atoms with Crippen LogP contribution in [0.25, 0.3) is 32.3 Å². The van der Waals surface area contributed by atoms with E-state index < -0.39 is 16.1 Å². The van der Waals surface area contributed by atoms with E-state index in [1.807, 2.05) is 0 Å². The van der Waals surface area contributed by atoms with Crippen LogP contribution in [-0.4, -0.2) is 16.1 Å². The Hall–Kier alpha value is -1.91. The molecule has 0 nitrogen and oxygen atoms in total. The lowest BCUT2D eigenvalue weighted by Gasteiger charge is -2.22. The maximum atomic E-state index is 2.44. The van der Waals surface area contributed by atoms with Crippen LogP contribution in [0.15, 0.2) is 60.7 Å². The molecule has 0 heterocycles. The maximum Gasteiger partial charge on any atom is 0.0784 e. The Morgan fingerprint density at radius 3 is 1.04 bits per heavy atom. The van der Waals surface area contributed by atoms with Crippen molar-refractivity contribution in [3.63, 3.8) is 0 Å². The number of rotatable bonds is 2. The van der Waals surface area contributed by atoms with E-state index in [9.17, 15) is 0 Å². The fraction of sp³-hybridized carbons (Fsp3) is 0.250. The normalized spacial score (nSPS) is 13.0. The van der Waals surface area contributed by atoms with Gasteiger partial charge in [0.1, 0.15) is 0 Å². The van der Waals surface area contributed by atoms with Gasteiger partial charge in [-0.1, -0.05) is 110 Å². The summed E-state index contributed by atoms with van der Waals surface area (Å²) in [5.74, 6) is 0. The van der Waals surface area contributed by atoms with Crippen molar-refractivity contribution in [3.8, 4) is 0 Å². The van der Waals surface area contributed by atoms with Gasteiger partial charge in [-0.15, -0.1) is 0 Å². The smallest absolute Gasteiger partial charge is 0.0656 e. The molecule has 0 N–H and O–H groups in total. The zero-order valence-electron chi connectivity index (χ0n) is 16.8. The van der Waals surface area contributed by atoms with Crippen LogP contribution in [-0.2, 0) is 0 Å². The van der Waals surface area contributed by atoms with E-state index in [4.69, 9.17) is 0 Å². The summed E-state index contributed by atoms with van der Waals surface area (Å²) in [4.78, 5) is 0. The van der Waals surface area contributed by atoms with Crippen molar-refractivity contribution in [2.45, 2.75) is 39.3 Å². The summed E-state index contributed by atoms with van der Waals surface area (Å²) in [5, 5.41) is 11.6. The fourth-order valence-corrected chi connectivity index (χ4v) is 7.49. The van der Waals surface area contributed by atoms with Gasteiger partial charge >= 0.3 is 0 Å². The van der Waals surface area contributed by atoms with Crippen LogP contribution in [0.4, 0.5) is 0 Å². The molecule has 0 spiro atoms. The molecule has 0 atom stereocenters. The highest BCUT2D eigenvalue weighted by atomic mass is 28.3. The van der Waals surface area contributed by atoms with Gasteiger partial charge in [-0.25, -0.2) is 0 Å². The lowest BCUT2D eigenvalue weighted by Crippen LogP contribution is -2.38. The third-order valence-corrected chi connectivity index (χ3v) is 9.64. The summed E-state index contributed by atoms with van der Waals surface area (Å²) in [6.07, 6.45) is 0. The molecule has 2 heteroatoms. The molecule has 132 valence electrons. The third kappa shape index (κ3) is 2.72. The molecular formula is C24H28Si2. The third-order valence-electron chi connectivity index (χ3n) is 5.53. The monoisotopic (exact) mass is 372 g/mol. The minimum absolute atomic E-state index is 1.37. The molecule has 0 bridgehead atoms. The second-order valence-corrected chi connectivity index (χ2v) is 19.6. The first kappa shape index (κ1) is 17.5. The Morgan fingerprint density at radius 1 is 0.385 bits per heavy atom. The quantitative estimate of drug-likeness (QED) is 0.289. The predicted molar refractivity (Wildman–Crippen MR) is 125 cm³/mol. The van der Waals surface area contributed by atoms with Gasteiger partial charge in [-0.2, -0.15) is 0 Å². The first-order chi connectivity index (χ1) is 12.2. The molecule has 0 aliphatic carbocycles. The van der Waals surface area contributed by atoms with E-state index in [1.54, 1.807) is 10.4 Å². The average molecular weight is 373 g/mol. The predicted octanol–water partition coefficient (Wildman–Crippen LogP) is 6.24. The maximum absolute atomic E-state index is 2.44. The molecule has 0 radical (unpaired) electrons. The average Bonchev–Trinajstić information content (AvgIpc) is 2.58. The zero-order chi connectivity index (χ0) is 18.7. The van der Waals surface area contributed by atoms with Crippen molar-refractivity contribution in [1.29, 1.82) is 0 Å². The summed E-state index contributed by atoms with van der Waals surface area (Å²) in [6.45, 7) is 14.6. The van der Waals surface area contributed by atoms with Gasteiger partial charge in [-0.3, -0.25) is 0 Å². The highest BCUT2D eigenvalue weighted by Gasteiger charge is 2.21. The van der Waals surface area contributed by atoms with Gasteiger partial charge in [0.15, 0.2) is 0 Å². The molecule has 4 aromatic rings. The lowest BCUT2D eigenvalue weighted by atomic mass is 9.97. The van der Waals surface area contributed by atoms with Crippen molar-refractivity contribution in [2.75, 3.05) is 0 Å². The van der Waals surface area contributed by atoms with Crippen LogP contribution in [0.1, 0.15) is 0 Å². The summed E-state index contributed by atoms with van der Waals surface area (Å²) in [7, 11) is -2.73. The van der Waals surface area contributed by atoms with Crippen LogP contribution >= 0.6 is 0 Å². The minimum Gasteiger partial charge on any atom is -0.0656 e. The molecule has 26 heavy (non-hydrogen) atoms. The highest BCUT2D eigenvalue weighted by molar-refractivity contribution is 6.91. The first-order valence-electron chi connectivity index (χ1n) is 9.56. The van der Waals surface area contributed by atoms with E-state index in [0.717, 1.165) is 0 Å². The van der Waals surface area contributed by atoms with Crippen LogP contribution in [0.3, 0.4) is 0 Å². The zero-order valence-corrected chi connectivity index (χ0v) is 18.8. The van der Waals surface area contributed by atoms with Crippen LogP contribution < -0.4 is 10.4 Å². The number of hydrogen-bond donors (Lipinski definition) is 0. The van der Waals surface area contributed by atoms with E-state index >= 15 is 0 Å². The van der Waals surface area contributed by atoms with Crippen molar-refractivity contribution < 1.29 is 0 Å². The molecular weight excluding hydrogens is 344 g/mol. The molecule has 0 unspecified atom stereocenters. The van der Waals surface area contributed by atoms with Gasteiger partial charge in [-0.05, 0) is 32.3 Å². The van der Waals surface area contributed by atoms with Crippen molar-refractivity contribution in [3.05, 3.63) is 60.7 Å². The highest BCUT2D eigenvalue weighted by Crippen LogP contribution is 2.31. The Balaban J connectivity index is 2.13. The standard InChI is InChI=1S/C24H28Si2/c1-25(2,3)23-11-7-9-17-19-14-16-22-18(20(19)13-15-21(17)23)10-8-12-24(22)26(4,5)6/h7-16H,1-6H3. The molecule has 4 aromatic carbocycles. The van der Waals surface area contributed by atoms with Gasteiger partial charge in [0.05, 0.1) is 16.1 Å². The minimum atomic E-state index is -1.37. The van der Waals surface area contributed by atoms with E-state index in [-0.39, 0.29) is 0 Å². The summed E-state index contributed by atoms with van der Waals surface area (Å²) in [6, 6.07) is 23.2. The Labute approximate surface area is 158 Å². The van der Waals surface area contributed by atoms with Crippen LogP contribution in [0, 0.1) is 0 Å². The molecule has 0 aliphatic rings. The van der Waals surface area contributed by atoms with Gasteiger partial charge in [0.2, 0.25) is 0 Å². The van der Waals surface area contributed by atoms with Crippen molar-refractivity contribution in [1.82, 2.24) is 0 Å². The topological polar surface area (TPSA) is 0 Å². The molecule has 0 amide bonds. The van der Waals surface area contributed by atoms with Crippen LogP contribution in [0.2, 0.25) is 39.3 Å². The number of fused-ring (bicyclic) bond motifs is 5. The van der Waals surface area contributed by atoms with E-state index in [0.29, 0.717) is 0 Å². The first-order valence-corrected chi connectivity index (χ1v) is 16.6. The summed E-state index contributed by atoms with van der Waals surface area (Å²) < 4.78 is 0. The largest absolute Gasteiger partial charge is 0.0784 e. The Kier molecular flexibility index (Phi) is 3.90. The molecule has 4 rings (SSSR count). The molecule has 0 aromatic heterocycles.